The number of benzene rings is 1. The van der Waals surface area contributed by atoms with Crippen molar-refractivity contribution in [3.8, 4) is 5.75 Å². The van der Waals surface area contributed by atoms with Gasteiger partial charge < -0.3 is 19.5 Å². The molecular formula is C29H37N3O4S. The summed E-state index contributed by atoms with van der Waals surface area (Å²) in [4.78, 5) is 24.9. The molecule has 37 heavy (non-hydrogen) atoms. The van der Waals surface area contributed by atoms with Crippen molar-refractivity contribution >= 4 is 39.4 Å². The molecule has 7 nitrogen and oxygen atoms in total. The van der Waals surface area contributed by atoms with Crippen LogP contribution in [-0.2, 0) is 16.0 Å². The quantitative estimate of drug-likeness (QED) is 0.352. The van der Waals surface area contributed by atoms with E-state index in [0.29, 0.717) is 6.61 Å². The van der Waals surface area contributed by atoms with Gasteiger partial charge in [-0.2, -0.15) is 0 Å². The number of aliphatic carboxylic acids is 1. The first-order valence-electron chi connectivity index (χ1n) is 12.8. The molecule has 0 radical (unpaired) electrons. The van der Waals surface area contributed by atoms with Gasteiger partial charge >= 0.3 is 5.97 Å². The number of carboxylic acid groups (broad SMARTS) is 1. The molecule has 0 aliphatic carbocycles. The third kappa shape index (κ3) is 5.96. The highest BCUT2D eigenvalue weighted by molar-refractivity contribution is 7.16. The van der Waals surface area contributed by atoms with Gasteiger partial charge in [0, 0.05) is 48.8 Å². The SMILES string of the molecule is CCN(C)c1nc(/C=C(/C)C[C@H](OC(C)(C)C)C(=O)O)c(C(C)c2ccc3c4c(ccnc24)CCO3)s1. The maximum atomic E-state index is 11.9. The number of rotatable bonds is 9. The second-order valence-electron chi connectivity index (χ2n) is 10.7. The average Bonchev–Trinajstić information content (AvgIpc) is 3.26. The van der Waals surface area contributed by atoms with Gasteiger partial charge in [-0.1, -0.05) is 18.6 Å². The Hall–Kier alpha value is -2.97. The van der Waals surface area contributed by atoms with Crippen molar-refractivity contribution in [2.24, 2.45) is 0 Å². The molecule has 1 aromatic carbocycles. The van der Waals surface area contributed by atoms with Crippen molar-refractivity contribution < 1.29 is 19.4 Å². The molecule has 0 saturated carbocycles. The molecule has 3 aromatic rings. The highest BCUT2D eigenvalue weighted by Crippen LogP contribution is 2.41. The number of carboxylic acids is 1. The summed E-state index contributed by atoms with van der Waals surface area (Å²) in [6.45, 7) is 13.4. The van der Waals surface area contributed by atoms with E-state index in [1.54, 1.807) is 11.3 Å². The molecule has 0 bridgehead atoms. The number of aromatic nitrogens is 2. The molecule has 2 atom stereocenters. The predicted molar refractivity (Wildman–Crippen MR) is 150 cm³/mol. The summed E-state index contributed by atoms with van der Waals surface area (Å²) in [5, 5.41) is 11.8. The summed E-state index contributed by atoms with van der Waals surface area (Å²) in [7, 11) is 2.03. The fourth-order valence-electron chi connectivity index (χ4n) is 4.65. The number of hydrogen-bond acceptors (Lipinski definition) is 7. The fraction of sp³-hybridized carbons (Fsp3) is 0.483. The van der Waals surface area contributed by atoms with E-state index in [0.717, 1.165) is 56.5 Å². The van der Waals surface area contributed by atoms with E-state index in [1.807, 2.05) is 47.0 Å². The van der Waals surface area contributed by atoms with Crippen LogP contribution in [0.2, 0.25) is 0 Å². The highest BCUT2D eigenvalue weighted by Gasteiger charge is 2.27. The van der Waals surface area contributed by atoms with E-state index in [-0.39, 0.29) is 12.3 Å². The lowest BCUT2D eigenvalue weighted by Crippen LogP contribution is -2.33. The lowest BCUT2D eigenvalue weighted by atomic mass is 9.92. The van der Waals surface area contributed by atoms with Crippen LogP contribution in [0.4, 0.5) is 5.13 Å². The Morgan fingerprint density at radius 3 is 2.76 bits per heavy atom. The third-order valence-electron chi connectivity index (χ3n) is 6.59. The summed E-state index contributed by atoms with van der Waals surface area (Å²) in [6.07, 6.45) is 4.15. The van der Waals surface area contributed by atoms with Crippen molar-refractivity contribution in [1.82, 2.24) is 9.97 Å². The van der Waals surface area contributed by atoms with E-state index in [9.17, 15) is 9.90 Å². The van der Waals surface area contributed by atoms with Gasteiger partial charge in [0.25, 0.3) is 0 Å². The molecule has 1 N–H and O–H groups in total. The summed E-state index contributed by atoms with van der Waals surface area (Å²) in [6, 6.07) is 6.26. The van der Waals surface area contributed by atoms with Crippen molar-refractivity contribution in [2.75, 3.05) is 25.1 Å². The molecule has 198 valence electrons. The Kier molecular flexibility index (Phi) is 7.90. The van der Waals surface area contributed by atoms with Gasteiger partial charge in [0.05, 0.1) is 23.4 Å². The summed E-state index contributed by atoms with van der Waals surface area (Å²) < 4.78 is 11.7. The van der Waals surface area contributed by atoms with E-state index in [4.69, 9.17) is 19.4 Å². The number of carbonyl (C=O) groups is 1. The van der Waals surface area contributed by atoms with Crippen molar-refractivity contribution in [2.45, 2.75) is 72.0 Å². The number of nitrogens with zero attached hydrogens (tertiary/aromatic N) is 3. The molecule has 1 aliphatic heterocycles. The van der Waals surface area contributed by atoms with Crippen LogP contribution in [0.5, 0.6) is 5.75 Å². The van der Waals surface area contributed by atoms with Crippen LogP contribution >= 0.6 is 11.3 Å². The number of anilines is 1. The van der Waals surface area contributed by atoms with Gasteiger partial charge in [-0.25, -0.2) is 9.78 Å². The minimum Gasteiger partial charge on any atom is -0.493 e. The Bertz CT molecular complexity index is 1310. The molecular weight excluding hydrogens is 486 g/mol. The fourth-order valence-corrected chi connectivity index (χ4v) is 5.79. The minimum absolute atomic E-state index is 0.0374. The van der Waals surface area contributed by atoms with Crippen LogP contribution in [0.25, 0.3) is 17.0 Å². The molecule has 4 rings (SSSR count). The first kappa shape index (κ1) is 27.1. The van der Waals surface area contributed by atoms with Crippen LogP contribution in [0, 0.1) is 0 Å². The Labute approximate surface area is 223 Å². The zero-order valence-electron chi connectivity index (χ0n) is 22.8. The number of ether oxygens (including phenoxy) is 2. The molecule has 2 aromatic heterocycles. The second-order valence-corrected chi connectivity index (χ2v) is 11.7. The summed E-state index contributed by atoms with van der Waals surface area (Å²) in [5.41, 5.74) is 4.59. The maximum Gasteiger partial charge on any atom is 0.333 e. The third-order valence-corrected chi connectivity index (χ3v) is 7.96. The predicted octanol–water partition coefficient (Wildman–Crippen LogP) is 6.30. The normalized spacial score (nSPS) is 15.4. The average molecular weight is 524 g/mol. The standard InChI is InChI=1S/C29H37N3O4S/c1-8-32(7)28-31-21(15-17(2)16-23(27(33)34)36-29(4,5)6)26(37-28)18(3)20-9-10-22-24-19(12-14-35-22)11-13-30-25(20)24/h9-11,13,15,18,23H,8,12,14,16H2,1-7H3,(H,33,34)/b17-15-/t18?,23-/m0/s1. The molecule has 0 spiro atoms. The maximum absolute atomic E-state index is 11.9. The number of pyridine rings is 1. The lowest BCUT2D eigenvalue weighted by Gasteiger charge is -2.25. The molecule has 0 saturated heterocycles. The zero-order chi connectivity index (χ0) is 26.9. The van der Waals surface area contributed by atoms with Crippen molar-refractivity contribution in [3.63, 3.8) is 0 Å². The van der Waals surface area contributed by atoms with Gasteiger partial charge in [-0.05, 0) is 64.0 Å². The van der Waals surface area contributed by atoms with Gasteiger partial charge in [0.1, 0.15) is 5.75 Å². The Morgan fingerprint density at radius 2 is 2.08 bits per heavy atom. The van der Waals surface area contributed by atoms with Crippen LogP contribution in [0.1, 0.15) is 75.6 Å². The van der Waals surface area contributed by atoms with E-state index < -0.39 is 17.7 Å². The zero-order valence-corrected chi connectivity index (χ0v) is 23.6. The molecule has 8 heteroatoms. The molecule has 1 aliphatic rings. The second kappa shape index (κ2) is 10.8. The molecule has 3 heterocycles. The van der Waals surface area contributed by atoms with E-state index in [1.165, 1.54) is 5.56 Å². The highest BCUT2D eigenvalue weighted by atomic mass is 32.1. The smallest absolute Gasteiger partial charge is 0.333 e. The topological polar surface area (TPSA) is 84.8 Å². The van der Waals surface area contributed by atoms with Gasteiger partial charge in [0.2, 0.25) is 0 Å². The van der Waals surface area contributed by atoms with Gasteiger partial charge in [-0.15, -0.1) is 11.3 Å². The largest absolute Gasteiger partial charge is 0.493 e. The summed E-state index contributed by atoms with van der Waals surface area (Å²) >= 11 is 1.67. The van der Waals surface area contributed by atoms with Crippen LogP contribution < -0.4 is 9.64 Å². The van der Waals surface area contributed by atoms with E-state index >= 15 is 0 Å². The first-order valence-corrected chi connectivity index (χ1v) is 13.6. The molecule has 0 amide bonds. The van der Waals surface area contributed by atoms with E-state index in [2.05, 4.69) is 36.9 Å². The Morgan fingerprint density at radius 1 is 1.32 bits per heavy atom. The van der Waals surface area contributed by atoms with Crippen LogP contribution in [0.15, 0.2) is 30.0 Å². The van der Waals surface area contributed by atoms with Crippen molar-refractivity contribution in [1.29, 1.82) is 0 Å². The lowest BCUT2D eigenvalue weighted by molar-refractivity contribution is -0.159. The van der Waals surface area contributed by atoms with Gasteiger partial charge in [-0.3, -0.25) is 4.98 Å². The van der Waals surface area contributed by atoms with Crippen molar-refractivity contribution in [3.05, 3.63) is 51.7 Å². The van der Waals surface area contributed by atoms with Crippen LogP contribution in [-0.4, -0.2) is 52.9 Å². The molecule has 0 fully saturated rings. The first-order chi connectivity index (χ1) is 17.5. The molecule has 1 unspecified atom stereocenters. The van der Waals surface area contributed by atoms with Gasteiger partial charge in [0.15, 0.2) is 11.2 Å². The monoisotopic (exact) mass is 523 g/mol. The Balaban J connectivity index is 1.75. The summed E-state index contributed by atoms with van der Waals surface area (Å²) in [5.74, 6) is -0.0287. The van der Waals surface area contributed by atoms with Crippen LogP contribution in [0.3, 0.4) is 0 Å². The minimum atomic E-state index is -0.960. The number of hydrogen-bond donors (Lipinski definition) is 1. The number of thiazole rings is 1.